The van der Waals surface area contributed by atoms with Crippen LogP contribution in [0.3, 0.4) is 0 Å². The summed E-state index contributed by atoms with van der Waals surface area (Å²) in [5, 5.41) is 9.17. The van der Waals surface area contributed by atoms with E-state index in [1.165, 1.54) is 7.11 Å². The summed E-state index contributed by atoms with van der Waals surface area (Å²) in [7, 11) is 1.43. The van der Waals surface area contributed by atoms with Gasteiger partial charge in [-0.3, -0.25) is 4.79 Å². The van der Waals surface area contributed by atoms with Crippen LogP contribution in [-0.2, 0) is 14.4 Å². The van der Waals surface area contributed by atoms with Gasteiger partial charge in [0.1, 0.15) is 0 Å². The lowest BCUT2D eigenvalue weighted by Crippen LogP contribution is -2.39. The van der Waals surface area contributed by atoms with Crippen LogP contribution in [0.25, 0.3) is 0 Å². The molecule has 0 unspecified atom stereocenters. The van der Waals surface area contributed by atoms with Gasteiger partial charge in [-0.1, -0.05) is 41.5 Å². The van der Waals surface area contributed by atoms with Gasteiger partial charge in [-0.05, 0) is 23.0 Å². The molecule has 0 saturated carbocycles. The van der Waals surface area contributed by atoms with Crippen LogP contribution in [0.4, 0.5) is 0 Å². The maximum atomic E-state index is 12.6. The van der Waals surface area contributed by atoms with Crippen LogP contribution in [0.2, 0.25) is 0 Å². The number of Topliss-reactive ketones (excluding diaryl/α,β-unsaturated/α-hetero) is 1. The zero-order chi connectivity index (χ0) is 15.1. The van der Waals surface area contributed by atoms with E-state index >= 15 is 0 Å². The molecule has 1 aliphatic carbocycles. The number of ketones is 1. The standard InChI is InChI=1S/C15H24O4/c1-13(2,3)10-8-15(18-7,19-17)9-11(12(10)16)14(4,5)6/h8-9,17H,1-7H3. The Hall–Kier alpha value is -0.970. The number of hydrogen-bond donors (Lipinski definition) is 1. The summed E-state index contributed by atoms with van der Waals surface area (Å²) in [6.07, 6.45) is 3.09. The zero-order valence-electron chi connectivity index (χ0n) is 12.8. The topological polar surface area (TPSA) is 55.8 Å². The first kappa shape index (κ1) is 16.1. The Bertz CT molecular complexity index is 390. The van der Waals surface area contributed by atoms with Crippen molar-refractivity contribution in [1.29, 1.82) is 0 Å². The molecule has 0 aromatic carbocycles. The lowest BCUT2D eigenvalue weighted by molar-refractivity contribution is -0.360. The Balaban J connectivity index is 3.47. The minimum atomic E-state index is -1.39. The summed E-state index contributed by atoms with van der Waals surface area (Å²) in [6.45, 7) is 11.7. The highest BCUT2D eigenvalue weighted by molar-refractivity contribution is 6.11. The third-order valence-corrected chi connectivity index (χ3v) is 3.26. The second kappa shape index (κ2) is 4.85. The molecule has 19 heavy (non-hydrogen) atoms. The first-order chi connectivity index (χ1) is 8.47. The number of carbonyl (C=O) groups is 1. The number of hydrogen-bond acceptors (Lipinski definition) is 4. The Morgan fingerprint density at radius 3 is 1.58 bits per heavy atom. The van der Waals surface area contributed by atoms with E-state index in [1.54, 1.807) is 12.2 Å². The summed E-state index contributed by atoms with van der Waals surface area (Å²) in [5.41, 5.74) is 0.445. The van der Waals surface area contributed by atoms with E-state index in [-0.39, 0.29) is 16.6 Å². The lowest BCUT2D eigenvalue weighted by Gasteiger charge is -2.36. The van der Waals surface area contributed by atoms with Gasteiger partial charge >= 0.3 is 0 Å². The van der Waals surface area contributed by atoms with Crippen LogP contribution in [0.15, 0.2) is 23.3 Å². The Morgan fingerprint density at radius 2 is 1.37 bits per heavy atom. The molecule has 0 aliphatic heterocycles. The molecular weight excluding hydrogens is 244 g/mol. The van der Waals surface area contributed by atoms with Crippen molar-refractivity contribution in [2.75, 3.05) is 7.11 Å². The fraction of sp³-hybridized carbons (Fsp3) is 0.667. The van der Waals surface area contributed by atoms with Crippen molar-refractivity contribution in [3.8, 4) is 0 Å². The van der Waals surface area contributed by atoms with Crippen LogP contribution in [-0.4, -0.2) is 23.9 Å². The maximum absolute atomic E-state index is 12.6. The van der Waals surface area contributed by atoms with Gasteiger partial charge in [0.05, 0.1) is 0 Å². The normalized spacial score (nSPS) is 20.1. The van der Waals surface area contributed by atoms with E-state index in [0.29, 0.717) is 11.1 Å². The fourth-order valence-electron chi connectivity index (χ4n) is 2.04. The minimum Gasteiger partial charge on any atom is -0.344 e. The lowest BCUT2D eigenvalue weighted by atomic mass is 9.71. The van der Waals surface area contributed by atoms with Gasteiger partial charge in [0, 0.05) is 18.3 Å². The van der Waals surface area contributed by atoms with Crippen molar-refractivity contribution < 1.29 is 19.7 Å². The van der Waals surface area contributed by atoms with Gasteiger partial charge < -0.3 is 4.74 Å². The smallest absolute Gasteiger partial charge is 0.241 e. The van der Waals surface area contributed by atoms with Gasteiger partial charge in [0.25, 0.3) is 0 Å². The van der Waals surface area contributed by atoms with Crippen molar-refractivity contribution in [2.45, 2.75) is 47.3 Å². The third kappa shape index (κ3) is 3.14. The molecule has 0 fully saturated rings. The van der Waals surface area contributed by atoms with E-state index in [2.05, 4.69) is 4.89 Å². The van der Waals surface area contributed by atoms with Gasteiger partial charge in [-0.2, -0.15) is 4.89 Å². The number of methoxy groups -OCH3 is 1. The predicted octanol–water partition coefficient (Wildman–Crippen LogP) is 3.35. The molecular formula is C15H24O4. The van der Waals surface area contributed by atoms with Crippen molar-refractivity contribution in [3.05, 3.63) is 23.3 Å². The molecule has 0 radical (unpaired) electrons. The molecule has 0 aromatic rings. The Morgan fingerprint density at radius 1 is 1.00 bits per heavy atom. The molecule has 4 nitrogen and oxygen atoms in total. The molecule has 0 saturated heterocycles. The molecule has 0 heterocycles. The Kier molecular flexibility index (Phi) is 4.11. The van der Waals surface area contributed by atoms with Crippen LogP contribution in [0.5, 0.6) is 0 Å². The second-order valence-corrected chi connectivity index (χ2v) is 6.96. The average molecular weight is 268 g/mol. The first-order valence-corrected chi connectivity index (χ1v) is 6.36. The molecule has 0 spiro atoms. The molecule has 0 atom stereocenters. The van der Waals surface area contributed by atoms with Gasteiger partial charge in [0.15, 0.2) is 5.78 Å². The molecule has 0 bridgehead atoms. The van der Waals surface area contributed by atoms with E-state index in [4.69, 9.17) is 9.99 Å². The van der Waals surface area contributed by atoms with Crippen molar-refractivity contribution in [3.63, 3.8) is 0 Å². The molecule has 4 heteroatoms. The highest BCUT2D eigenvalue weighted by atomic mass is 17.1. The quantitative estimate of drug-likeness (QED) is 0.474. The molecule has 1 aliphatic rings. The molecule has 1 rings (SSSR count). The zero-order valence-corrected chi connectivity index (χ0v) is 12.8. The monoisotopic (exact) mass is 268 g/mol. The SMILES string of the molecule is COC1(OO)C=C(C(C)(C)C)C(=O)C(C(C)(C)C)=C1. The van der Waals surface area contributed by atoms with Gasteiger partial charge in [0.2, 0.25) is 5.79 Å². The summed E-state index contributed by atoms with van der Waals surface area (Å²) >= 11 is 0. The number of carbonyl (C=O) groups excluding carboxylic acids is 1. The summed E-state index contributed by atoms with van der Waals surface area (Å²) in [5.74, 6) is -1.41. The number of ether oxygens (including phenoxy) is 1. The molecule has 108 valence electrons. The molecule has 0 aromatic heterocycles. The van der Waals surface area contributed by atoms with Gasteiger partial charge in [-0.15, -0.1) is 0 Å². The summed E-state index contributed by atoms with van der Waals surface area (Å²) in [4.78, 5) is 17.1. The number of rotatable bonds is 2. The van der Waals surface area contributed by atoms with E-state index in [9.17, 15) is 4.79 Å². The fourth-order valence-corrected chi connectivity index (χ4v) is 2.04. The van der Waals surface area contributed by atoms with Crippen LogP contribution >= 0.6 is 0 Å². The van der Waals surface area contributed by atoms with Crippen LogP contribution < -0.4 is 0 Å². The van der Waals surface area contributed by atoms with Crippen molar-refractivity contribution in [1.82, 2.24) is 0 Å². The first-order valence-electron chi connectivity index (χ1n) is 6.36. The van der Waals surface area contributed by atoms with E-state index < -0.39 is 5.79 Å². The third-order valence-electron chi connectivity index (χ3n) is 3.26. The van der Waals surface area contributed by atoms with Crippen molar-refractivity contribution >= 4 is 5.78 Å². The highest BCUT2D eigenvalue weighted by Crippen LogP contribution is 2.41. The Labute approximate surface area is 115 Å². The van der Waals surface area contributed by atoms with Gasteiger partial charge in [-0.25, -0.2) is 5.26 Å². The summed E-state index contributed by atoms with van der Waals surface area (Å²) < 4.78 is 5.25. The predicted molar refractivity (Wildman–Crippen MR) is 73.5 cm³/mol. The van der Waals surface area contributed by atoms with Crippen LogP contribution in [0.1, 0.15) is 41.5 Å². The minimum absolute atomic E-state index is 0.0234. The van der Waals surface area contributed by atoms with Crippen LogP contribution in [0, 0.1) is 10.8 Å². The van der Waals surface area contributed by atoms with Crippen molar-refractivity contribution in [2.24, 2.45) is 10.8 Å². The second-order valence-electron chi connectivity index (χ2n) is 6.96. The maximum Gasteiger partial charge on any atom is 0.241 e. The summed E-state index contributed by atoms with van der Waals surface area (Å²) in [6, 6.07) is 0. The molecule has 1 N–H and O–H groups in total. The largest absolute Gasteiger partial charge is 0.344 e. The van der Waals surface area contributed by atoms with E-state index in [0.717, 1.165) is 0 Å². The highest BCUT2D eigenvalue weighted by Gasteiger charge is 2.42. The average Bonchev–Trinajstić information content (AvgIpc) is 2.27. The number of allylic oxidation sites excluding steroid dienone is 2. The molecule has 0 amide bonds. The van der Waals surface area contributed by atoms with E-state index in [1.807, 2.05) is 41.5 Å².